The largest absolute Gasteiger partial charge is 0.497 e. The fourth-order valence-electron chi connectivity index (χ4n) is 2.80. The Balaban J connectivity index is 2.42. The Kier molecular flexibility index (Phi) is 3.20. The minimum Gasteiger partial charge on any atom is -0.497 e. The lowest BCUT2D eigenvalue weighted by Gasteiger charge is -2.36. The van der Waals surface area contributed by atoms with Gasteiger partial charge in [-0.3, -0.25) is 0 Å². The fraction of sp³-hybridized carbons (Fsp3) is 0.571. The van der Waals surface area contributed by atoms with Crippen molar-refractivity contribution in [3.63, 3.8) is 0 Å². The standard InChI is InChI=1S/C14H21NO/c1-3-8-14(15)9-4-5-11-6-7-12(16-2)10-13(11)14/h6-7,10H,3-5,8-9,15H2,1-2H3. The summed E-state index contributed by atoms with van der Waals surface area (Å²) in [6.07, 6.45) is 5.65. The highest BCUT2D eigenvalue weighted by Crippen LogP contribution is 2.38. The van der Waals surface area contributed by atoms with Crippen molar-refractivity contribution in [1.82, 2.24) is 0 Å². The van der Waals surface area contributed by atoms with Crippen LogP contribution < -0.4 is 10.5 Å². The summed E-state index contributed by atoms with van der Waals surface area (Å²) < 4.78 is 5.30. The highest BCUT2D eigenvalue weighted by molar-refractivity contribution is 5.41. The van der Waals surface area contributed by atoms with Crippen molar-refractivity contribution in [2.75, 3.05) is 7.11 Å². The first-order valence-electron chi connectivity index (χ1n) is 6.16. The normalized spacial score (nSPS) is 23.9. The lowest BCUT2D eigenvalue weighted by atomic mass is 9.75. The van der Waals surface area contributed by atoms with Crippen LogP contribution >= 0.6 is 0 Å². The Morgan fingerprint density at radius 2 is 2.25 bits per heavy atom. The summed E-state index contributed by atoms with van der Waals surface area (Å²) in [5.74, 6) is 0.923. The van der Waals surface area contributed by atoms with Crippen LogP contribution in [0.4, 0.5) is 0 Å². The van der Waals surface area contributed by atoms with Gasteiger partial charge in [0.1, 0.15) is 5.75 Å². The zero-order valence-corrected chi connectivity index (χ0v) is 10.3. The molecule has 1 unspecified atom stereocenters. The predicted molar refractivity (Wildman–Crippen MR) is 66.7 cm³/mol. The first kappa shape index (κ1) is 11.5. The van der Waals surface area contributed by atoms with Crippen LogP contribution in [0.5, 0.6) is 5.75 Å². The molecule has 2 rings (SSSR count). The van der Waals surface area contributed by atoms with Crippen molar-refractivity contribution in [3.05, 3.63) is 29.3 Å². The molecule has 2 nitrogen and oxygen atoms in total. The molecule has 0 aliphatic heterocycles. The quantitative estimate of drug-likeness (QED) is 0.848. The van der Waals surface area contributed by atoms with Gasteiger partial charge >= 0.3 is 0 Å². The van der Waals surface area contributed by atoms with Crippen LogP contribution in [0.2, 0.25) is 0 Å². The molecule has 2 N–H and O–H groups in total. The molecule has 0 spiro atoms. The van der Waals surface area contributed by atoms with Crippen LogP contribution in [-0.2, 0) is 12.0 Å². The van der Waals surface area contributed by atoms with E-state index in [4.69, 9.17) is 10.5 Å². The molecule has 0 heterocycles. The third-order valence-corrected chi connectivity index (χ3v) is 3.62. The maximum Gasteiger partial charge on any atom is 0.119 e. The SMILES string of the molecule is CCCC1(N)CCCc2ccc(OC)cc21. The van der Waals surface area contributed by atoms with E-state index < -0.39 is 0 Å². The molecule has 1 aliphatic carbocycles. The van der Waals surface area contributed by atoms with Crippen molar-refractivity contribution in [2.45, 2.75) is 44.6 Å². The monoisotopic (exact) mass is 219 g/mol. The first-order chi connectivity index (χ1) is 7.69. The molecule has 16 heavy (non-hydrogen) atoms. The van der Waals surface area contributed by atoms with Crippen molar-refractivity contribution >= 4 is 0 Å². The summed E-state index contributed by atoms with van der Waals surface area (Å²) in [6, 6.07) is 6.34. The first-order valence-corrected chi connectivity index (χ1v) is 6.16. The average molecular weight is 219 g/mol. The fourth-order valence-corrected chi connectivity index (χ4v) is 2.80. The summed E-state index contributed by atoms with van der Waals surface area (Å²) in [6.45, 7) is 2.20. The molecule has 0 saturated carbocycles. The van der Waals surface area contributed by atoms with E-state index in [-0.39, 0.29) is 5.54 Å². The van der Waals surface area contributed by atoms with Crippen LogP contribution in [0.1, 0.15) is 43.7 Å². The van der Waals surface area contributed by atoms with E-state index in [0.717, 1.165) is 31.4 Å². The molecule has 1 aromatic rings. The molecular weight excluding hydrogens is 198 g/mol. The molecular formula is C14H21NO. The van der Waals surface area contributed by atoms with Gasteiger partial charge in [-0.15, -0.1) is 0 Å². The molecule has 2 heteroatoms. The highest BCUT2D eigenvalue weighted by Gasteiger charge is 2.31. The molecule has 1 aromatic carbocycles. The number of rotatable bonds is 3. The number of aryl methyl sites for hydroxylation is 1. The number of benzene rings is 1. The topological polar surface area (TPSA) is 35.2 Å². The van der Waals surface area contributed by atoms with Crippen molar-refractivity contribution < 1.29 is 4.74 Å². The van der Waals surface area contributed by atoms with Gasteiger partial charge in [-0.2, -0.15) is 0 Å². The third-order valence-electron chi connectivity index (χ3n) is 3.62. The number of hydrogen-bond donors (Lipinski definition) is 1. The Morgan fingerprint density at radius 1 is 1.44 bits per heavy atom. The van der Waals surface area contributed by atoms with Gasteiger partial charge in [-0.1, -0.05) is 19.4 Å². The van der Waals surface area contributed by atoms with E-state index >= 15 is 0 Å². The highest BCUT2D eigenvalue weighted by atomic mass is 16.5. The molecule has 0 bridgehead atoms. The molecule has 0 radical (unpaired) electrons. The van der Waals surface area contributed by atoms with E-state index in [2.05, 4.69) is 19.1 Å². The Bertz CT molecular complexity index is 375. The number of ether oxygens (including phenoxy) is 1. The van der Waals surface area contributed by atoms with Gasteiger partial charge in [0.2, 0.25) is 0 Å². The summed E-state index contributed by atoms with van der Waals surface area (Å²) in [7, 11) is 1.71. The number of hydrogen-bond acceptors (Lipinski definition) is 2. The van der Waals surface area contributed by atoms with Crippen LogP contribution in [0.15, 0.2) is 18.2 Å². The second kappa shape index (κ2) is 4.46. The van der Waals surface area contributed by atoms with Crippen LogP contribution in [0.3, 0.4) is 0 Å². The molecule has 88 valence electrons. The average Bonchev–Trinajstić information content (AvgIpc) is 2.29. The zero-order chi connectivity index (χ0) is 11.6. The Morgan fingerprint density at radius 3 is 2.94 bits per heavy atom. The number of nitrogens with two attached hydrogens (primary N) is 1. The van der Waals surface area contributed by atoms with E-state index in [9.17, 15) is 0 Å². The van der Waals surface area contributed by atoms with Gasteiger partial charge in [-0.25, -0.2) is 0 Å². The smallest absolute Gasteiger partial charge is 0.119 e. The van der Waals surface area contributed by atoms with Gasteiger partial charge in [0.25, 0.3) is 0 Å². The predicted octanol–water partition coefficient (Wildman–Crippen LogP) is 2.99. The van der Waals surface area contributed by atoms with Crippen LogP contribution in [0.25, 0.3) is 0 Å². The molecule has 0 amide bonds. The molecule has 1 atom stereocenters. The summed E-state index contributed by atoms with van der Waals surface area (Å²) >= 11 is 0. The second-order valence-electron chi connectivity index (χ2n) is 4.78. The lowest BCUT2D eigenvalue weighted by molar-refractivity contribution is 0.339. The molecule has 1 aliphatic rings. The Labute approximate surface area is 97.8 Å². The minimum atomic E-state index is -0.128. The third kappa shape index (κ3) is 1.94. The number of fused-ring (bicyclic) bond motifs is 1. The van der Waals surface area contributed by atoms with Crippen LogP contribution in [0, 0.1) is 0 Å². The van der Waals surface area contributed by atoms with Gasteiger partial charge in [-0.05, 0) is 48.9 Å². The summed E-state index contributed by atoms with van der Waals surface area (Å²) in [4.78, 5) is 0. The lowest BCUT2D eigenvalue weighted by Crippen LogP contribution is -2.39. The van der Waals surface area contributed by atoms with Crippen molar-refractivity contribution in [1.29, 1.82) is 0 Å². The van der Waals surface area contributed by atoms with Gasteiger partial charge in [0.05, 0.1) is 7.11 Å². The van der Waals surface area contributed by atoms with E-state index in [1.54, 1.807) is 7.11 Å². The van der Waals surface area contributed by atoms with Crippen molar-refractivity contribution in [3.8, 4) is 5.75 Å². The van der Waals surface area contributed by atoms with E-state index in [1.807, 2.05) is 6.07 Å². The van der Waals surface area contributed by atoms with Crippen molar-refractivity contribution in [2.24, 2.45) is 5.73 Å². The Hall–Kier alpha value is -1.02. The molecule has 0 aromatic heterocycles. The summed E-state index contributed by atoms with van der Waals surface area (Å²) in [5.41, 5.74) is 9.13. The summed E-state index contributed by atoms with van der Waals surface area (Å²) in [5, 5.41) is 0. The van der Waals surface area contributed by atoms with Gasteiger partial charge in [0, 0.05) is 5.54 Å². The molecule has 0 saturated heterocycles. The molecule has 0 fully saturated rings. The number of methoxy groups -OCH3 is 1. The maximum atomic E-state index is 6.55. The van der Waals surface area contributed by atoms with Gasteiger partial charge < -0.3 is 10.5 Å². The van der Waals surface area contributed by atoms with E-state index in [0.29, 0.717) is 0 Å². The van der Waals surface area contributed by atoms with Crippen LogP contribution in [-0.4, -0.2) is 7.11 Å². The maximum absolute atomic E-state index is 6.55. The second-order valence-corrected chi connectivity index (χ2v) is 4.78. The zero-order valence-electron chi connectivity index (χ0n) is 10.3. The van der Waals surface area contributed by atoms with E-state index in [1.165, 1.54) is 17.5 Å². The minimum absolute atomic E-state index is 0.128. The van der Waals surface area contributed by atoms with Gasteiger partial charge in [0.15, 0.2) is 0 Å².